The lowest BCUT2D eigenvalue weighted by Crippen LogP contribution is -2.29. The highest BCUT2D eigenvalue weighted by molar-refractivity contribution is 5.94. The minimum Gasteiger partial charge on any atom is -0.508 e. The van der Waals surface area contributed by atoms with E-state index in [2.05, 4.69) is 0 Å². The van der Waals surface area contributed by atoms with E-state index in [1.165, 1.54) is 6.07 Å². The van der Waals surface area contributed by atoms with Crippen LogP contribution in [0.15, 0.2) is 18.2 Å². The van der Waals surface area contributed by atoms with E-state index in [0.717, 1.165) is 0 Å². The van der Waals surface area contributed by atoms with Gasteiger partial charge in [-0.1, -0.05) is 0 Å². The van der Waals surface area contributed by atoms with E-state index in [-0.39, 0.29) is 11.7 Å². The van der Waals surface area contributed by atoms with Gasteiger partial charge in [0.15, 0.2) is 0 Å². The van der Waals surface area contributed by atoms with Crippen molar-refractivity contribution in [1.82, 2.24) is 4.90 Å². The number of nitrogens with zero attached hydrogens (tertiary/aromatic N) is 1. The minimum atomic E-state index is -0.410. The average Bonchev–Trinajstić information content (AvgIpc) is 2.28. The van der Waals surface area contributed by atoms with Gasteiger partial charge in [0, 0.05) is 19.2 Å². The molecule has 0 aromatic heterocycles. The number of aryl methyl sites for hydroxylation is 1. The van der Waals surface area contributed by atoms with Crippen molar-refractivity contribution >= 4 is 5.91 Å². The molecule has 17 heavy (non-hydrogen) atoms. The van der Waals surface area contributed by atoms with Crippen LogP contribution in [0.25, 0.3) is 0 Å². The van der Waals surface area contributed by atoms with Crippen LogP contribution in [0.1, 0.15) is 29.3 Å². The molecule has 0 saturated carbocycles. The summed E-state index contributed by atoms with van der Waals surface area (Å²) in [6.07, 6.45) is 0.145. The van der Waals surface area contributed by atoms with Crippen LogP contribution in [0.4, 0.5) is 0 Å². The Labute approximate surface area is 101 Å². The molecule has 1 atom stereocenters. The molecule has 4 heteroatoms. The van der Waals surface area contributed by atoms with Gasteiger partial charge in [-0.15, -0.1) is 0 Å². The second-order valence-corrected chi connectivity index (χ2v) is 4.37. The van der Waals surface area contributed by atoms with Crippen molar-refractivity contribution in [3.63, 3.8) is 0 Å². The van der Waals surface area contributed by atoms with Crippen LogP contribution >= 0.6 is 0 Å². The summed E-state index contributed by atoms with van der Waals surface area (Å²) in [4.78, 5) is 13.6. The molecule has 1 rings (SSSR count). The van der Waals surface area contributed by atoms with Crippen LogP contribution < -0.4 is 0 Å². The SMILES string of the molecule is Cc1cc(C(=O)N(C)CCC(C)O)ccc1O. The highest BCUT2D eigenvalue weighted by Gasteiger charge is 2.13. The number of aromatic hydroxyl groups is 1. The van der Waals surface area contributed by atoms with Gasteiger partial charge in [-0.25, -0.2) is 0 Å². The van der Waals surface area contributed by atoms with Crippen molar-refractivity contribution in [2.75, 3.05) is 13.6 Å². The van der Waals surface area contributed by atoms with Crippen molar-refractivity contribution in [1.29, 1.82) is 0 Å². The molecule has 4 nitrogen and oxygen atoms in total. The zero-order chi connectivity index (χ0) is 13.0. The summed E-state index contributed by atoms with van der Waals surface area (Å²) < 4.78 is 0. The van der Waals surface area contributed by atoms with Gasteiger partial charge in [-0.3, -0.25) is 4.79 Å². The van der Waals surface area contributed by atoms with Gasteiger partial charge >= 0.3 is 0 Å². The molecule has 0 saturated heterocycles. The van der Waals surface area contributed by atoms with Crippen LogP contribution in [-0.4, -0.2) is 40.7 Å². The summed E-state index contributed by atoms with van der Waals surface area (Å²) in [7, 11) is 1.70. The molecule has 94 valence electrons. The van der Waals surface area contributed by atoms with Crippen molar-refractivity contribution in [3.8, 4) is 5.75 Å². The number of aliphatic hydroxyl groups excluding tert-OH is 1. The summed E-state index contributed by atoms with van der Waals surface area (Å²) in [5.41, 5.74) is 1.23. The first-order valence-corrected chi connectivity index (χ1v) is 5.65. The Morgan fingerprint density at radius 2 is 2.12 bits per heavy atom. The fourth-order valence-electron chi connectivity index (χ4n) is 1.49. The lowest BCUT2D eigenvalue weighted by Gasteiger charge is -2.18. The Morgan fingerprint density at radius 1 is 1.47 bits per heavy atom. The highest BCUT2D eigenvalue weighted by Crippen LogP contribution is 2.17. The fourth-order valence-corrected chi connectivity index (χ4v) is 1.49. The Morgan fingerprint density at radius 3 is 2.65 bits per heavy atom. The van der Waals surface area contributed by atoms with E-state index < -0.39 is 6.10 Å². The van der Waals surface area contributed by atoms with Crippen LogP contribution in [0.5, 0.6) is 5.75 Å². The molecule has 0 aliphatic rings. The number of amides is 1. The zero-order valence-electron chi connectivity index (χ0n) is 10.5. The molecule has 0 heterocycles. The summed E-state index contributed by atoms with van der Waals surface area (Å²) in [6.45, 7) is 3.96. The van der Waals surface area contributed by atoms with Crippen molar-refractivity contribution in [3.05, 3.63) is 29.3 Å². The van der Waals surface area contributed by atoms with Crippen LogP contribution in [-0.2, 0) is 0 Å². The van der Waals surface area contributed by atoms with Crippen LogP contribution in [0, 0.1) is 6.92 Å². The van der Waals surface area contributed by atoms with E-state index in [1.54, 1.807) is 37.9 Å². The number of hydrogen-bond acceptors (Lipinski definition) is 3. The second kappa shape index (κ2) is 5.68. The molecule has 0 bridgehead atoms. The van der Waals surface area contributed by atoms with E-state index in [0.29, 0.717) is 24.1 Å². The maximum Gasteiger partial charge on any atom is 0.253 e. The molecular formula is C13H19NO3. The number of benzene rings is 1. The van der Waals surface area contributed by atoms with Crippen molar-refractivity contribution in [2.45, 2.75) is 26.4 Å². The number of carbonyl (C=O) groups is 1. The van der Waals surface area contributed by atoms with Crippen molar-refractivity contribution < 1.29 is 15.0 Å². The number of rotatable bonds is 4. The summed E-state index contributed by atoms with van der Waals surface area (Å²) in [5, 5.41) is 18.5. The first-order valence-electron chi connectivity index (χ1n) is 5.65. The number of carbonyl (C=O) groups excluding carboxylic acids is 1. The van der Waals surface area contributed by atoms with Gasteiger partial charge < -0.3 is 15.1 Å². The van der Waals surface area contributed by atoms with Gasteiger partial charge in [0.25, 0.3) is 5.91 Å². The normalized spacial score (nSPS) is 12.2. The van der Waals surface area contributed by atoms with Gasteiger partial charge in [0.2, 0.25) is 0 Å². The first kappa shape index (κ1) is 13.5. The Kier molecular flexibility index (Phi) is 4.52. The first-order chi connectivity index (χ1) is 7.91. The number of phenolic OH excluding ortho intramolecular Hbond substituents is 1. The molecular weight excluding hydrogens is 218 g/mol. The lowest BCUT2D eigenvalue weighted by atomic mass is 10.1. The smallest absolute Gasteiger partial charge is 0.253 e. The fraction of sp³-hybridized carbons (Fsp3) is 0.462. The molecule has 0 aliphatic carbocycles. The molecule has 1 aromatic carbocycles. The number of phenols is 1. The standard InChI is InChI=1S/C13H19NO3/c1-9-8-11(4-5-12(9)16)13(17)14(3)7-6-10(2)15/h4-5,8,10,15-16H,6-7H2,1-3H3. The van der Waals surface area contributed by atoms with Gasteiger partial charge in [-0.2, -0.15) is 0 Å². The summed E-state index contributed by atoms with van der Waals surface area (Å²) in [6, 6.07) is 4.78. The topological polar surface area (TPSA) is 60.8 Å². The van der Waals surface area contributed by atoms with Gasteiger partial charge in [-0.05, 0) is 44.0 Å². The van der Waals surface area contributed by atoms with Crippen LogP contribution in [0.2, 0.25) is 0 Å². The van der Waals surface area contributed by atoms with Crippen LogP contribution in [0.3, 0.4) is 0 Å². The Bertz CT molecular complexity index is 402. The molecule has 1 amide bonds. The molecule has 1 aromatic rings. The Balaban J connectivity index is 2.71. The molecule has 0 fully saturated rings. The molecule has 0 radical (unpaired) electrons. The minimum absolute atomic E-state index is 0.103. The van der Waals surface area contributed by atoms with Gasteiger partial charge in [0.05, 0.1) is 6.10 Å². The van der Waals surface area contributed by atoms with E-state index >= 15 is 0 Å². The molecule has 2 N–H and O–H groups in total. The number of hydrogen-bond donors (Lipinski definition) is 2. The predicted octanol–water partition coefficient (Wildman–Crippen LogP) is 1.54. The van der Waals surface area contributed by atoms with E-state index in [9.17, 15) is 9.90 Å². The molecule has 1 unspecified atom stereocenters. The third-order valence-corrected chi connectivity index (χ3v) is 2.67. The van der Waals surface area contributed by atoms with Gasteiger partial charge in [0.1, 0.15) is 5.75 Å². The maximum atomic E-state index is 12.0. The Hall–Kier alpha value is -1.55. The largest absolute Gasteiger partial charge is 0.508 e. The third-order valence-electron chi connectivity index (χ3n) is 2.67. The third kappa shape index (κ3) is 3.75. The molecule has 0 aliphatic heterocycles. The van der Waals surface area contributed by atoms with E-state index in [4.69, 9.17) is 5.11 Å². The highest BCUT2D eigenvalue weighted by atomic mass is 16.3. The van der Waals surface area contributed by atoms with E-state index in [1.807, 2.05) is 0 Å². The molecule has 0 spiro atoms. The zero-order valence-corrected chi connectivity index (χ0v) is 10.5. The number of aliphatic hydroxyl groups is 1. The predicted molar refractivity (Wildman–Crippen MR) is 66.1 cm³/mol. The summed E-state index contributed by atoms with van der Waals surface area (Å²) >= 11 is 0. The summed E-state index contributed by atoms with van der Waals surface area (Å²) in [5.74, 6) is 0.0851. The monoisotopic (exact) mass is 237 g/mol. The second-order valence-electron chi connectivity index (χ2n) is 4.37. The average molecular weight is 237 g/mol. The van der Waals surface area contributed by atoms with Crippen molar-refractivity contribution in [2.24, 2.45) is 0 Å². The lowest BCUT2D eigenvalue weighted by molar-refractivity contribution is 0.0769. The maximum absolute atomic E-state index is 12.0. The quantitative estimate of drug-likeness (QED) is 0.835.